The summed E-state index contributed by atoms with van der Waals surface area (Å²) in [5.74, 6) is -1.13. The first kappa shape index (κ1) is 18.2. The van der Waals surface area contributed by atoms with E-state index >= 15 is 0 Å². The Morgan fingerprint density at radius 3 is 2.67 bits per heavy atom. The van der Waals surface area contributed by atoms with Crippen LogP contribution in [-0.2, 0) is 11.0 Å². The Bertz CT molecular complexity index is 631. The van der Waals surface area contributed by atoms with Gasteiger partial charge in [-0.05, 0) is 44.2 Å². The van der Waals surface area contributed by atoms with Crippen LogP contribution in [0.5, 0.6) is 0 Å². The maximum absolute atomic E-state index is 12.7. The second-order valence-corrected chi connectivity index (χ2v) is 6.02. The van der Waals surface area contributed by atoms with Crippen LogP contribution in [0.1, 0.15) is 47.4 Å². The number of pyridine rings is 1. The number of aryl methyl sites for hydroxylation is 1. The SMILES string of the molecule is Cc1nc(C(F)(F)F)ccc1C(=O)N1CCCC(CCC(=O)O)C1. The van der Waals surface area contributed by atoms with Crippen LogP contribution < -0.4 is 0 Å². The molecule has 1 N–H and O–H groups in total. The Kier molecular flexibility index (Phi) is 5.46. The highest BCUT2D eigenvalue weighted by Gasteiger charge is 2.33. The van der Waals surface area contributed by atoms with Gasteiger partial charge in [0.1, 0.15) is 5.69 Å². The van der Waals surface area contributed by atoms with Gasteiger partial charge in [-0.1, -0.05) is 0 Å². The predicted molar refractivity (Wildman–Crippen MR) is 79.5 cm³/mol. The minimum absolute atomic E-state index is 0.0440. The van der Waals surface area contributed by atoms with Crippen LogP contribution in [0.25, 0.3) is 0 Å². The highest BCUT2D eigenvalue weighted by molar-refractivity contribution is 5.95. The number of amides is 1. The summed E-state index contributed by atoms with van der Waals surface area (Å²) in [5.41, 5.74) is -0.820. The molecule has 0 aromatic carbocycles. The Balaban J connectivity index is 2.09. The molecule has 2 heterocycles. The minimum Gasteiger partial charge on any atom is -0.481 e. The van der Waals surface area contributed by atoms with Gasteiger partial charge in [-0.3, -0.25) is 9.59 Å². The quantitative estimate of drug-likeness (QED) is 0.911. The van der Waals surface area contributed by atoms with Gasteiger partial charge in [-0.2, -0.15) is 13.2 Å². The van der Waals surface area contributed by atoms with E-state index in [1.54, 1.807) is 4.90 Å². The van der Waals surface area contributed by atoms with Gasteiger partial charge in [0.25, 0.3) is 5.91 Å². The van der Waals surface area contributed by atoms with E-state index in [4.69, 9.17) is 5.11 Å². The van der Waals surface area contributed by atoms with Crippen molar-refractivity contribution in [2.24, 2.45) is 5.92 Å². The molecule has 0 radical (unpaired) electrons. The molecular formula is C16H19F3N2O3. The maximum Gasteiger partial charge on any atom is 0.433 e. The normalized spacial score (nSPS) is 18.5. The molecule has 0 spiro atoms. The molecule has 5 nitrogen and oxygen atoms in total. The molecule has 1 aliphatic heterocycles. The lowest BCUT2D eigenvalue weighted by molar-refractivity contribution is -0.141. The summed E-state index contributed by atoms with van der Waals surface area (Å²) in [6.07, 6.45) is -2.40. The van der Waals surface area contributed by atoms with E-state index in [-0.39, 0.29) is 29.5 Å². The molecule has 24 heavy (non-hydrogen) atoms. The van der Waals surface area contributed by atoms with Crippen LogP contribution in [0.3, 0.4) is 0 Å². The molecule has 1 aromatic heterocycles. The van der Waals surface area contributed by atoms with E-state index in [2.05, 4.69) is 4.98 Å². The lowest BCUT2D eigenvalue weighted by atomic mass is 9.93. The number of hydrogen-bond donors (Lipinski definition) is 1. The fraction of sp³-hybridized carbons (Fsp3) is 0.562. The number of carbonyl (C=O) groups excluding carboxylic acids is 1. The van der Waals surface area contributed by atoms with E-state index in [9.17, 15) is 22.8 Å². The van der Waals surface area contributed by atoms with Crippen molar-refractivity contribution >= 4 is 11.9 Å². The topological polar surface area (TPSA) is 70.5 Å². The number of piperidine rings is 1. The van der Waals surface area contributed by atoms with Gasteiger partial charge in [0, 0.05) is 19.5 Å². The van der Waals surface area contributed by atoms with Gasteiger partial charge in [0.15, 0.2) is 0 Å². The van der Waals surface area contributed by atoms with Gasteiger partial charge in [0.2, 0.25) is 0 Å². The van der Waals surface area contributed by atoms with Gasteiger partial charge in [-0.15, -0.1) is 0 Å². The zero-order valence-electron chi connectivity index (χ0n) is 13.3. The molecule has 0 saturated carbocycles. The average Bonchev–Trinajstić information content (AvgIpc) is 2.51. The van der Waals surface area contributed by atoms with Crippen LogP contribution in [0.4, 0.5) is 13.2 Å². The van der Waals surface area contributed by atoms with Crippen molar-refractivity contribution in [3.05, 3.63) is 29.1 Å². The van der Waals surface area contributed by atoms with Gasteiger partial charge in [-0.25, -0.2) is 4.98 Å². The molecule has 1 fully saturated rings. The number of rotatable bonds is 4. The monoisotopic (exact) mass is 344 g/mol. The Morgan fingerprint density at radius 1 is 1.38 bits per heavy atom. The van der Waals surface area contributed by atoms with E-state index < -0.39 is 17.8 Å². The number of halogens is 3. The van der Waals surface area contributed by atoms with Crippen molar-refractivity contribution in [3.8, 4) is 0 Å². The minimum atomic E-state index is -4.54. The lowest BCUT2D eigenvalue weighted by Gasteiger charge is -2.33. The largest absolute Gasteiger partial charge is 0.481 e. The van der Waals surface area contributed by atoms with E-state index in [1.165, 1.54) is 6.92 Å². The smallest absolute Gasteiger partial charge is 0.433 e. The van der Waals surface area contributed by atoms with Crippen molar-refractivity contribution in [2.45, 2.75) is 38.8 Å². The van der Waals surface area contributed by atoms with Crippen molar-refractivity contribution in [3.63, 3.8) is 0 Å². The molecule has 1 atom stereocenters. The van der Waals surface area contributed by atoms with Crippen LogP contribution in [0.15, 0.2) is 12.1 Å². The molecule has 8 heteroatoms. The van der Waals surface area contributed by atoms with Crippen LogP contribution in [0.2, 0.25) is 0 Å². The number of alkyl halides is 3. The molecule has 1 amide bonds. The fourth-order valence-electron chi connectivity index (χ4n) is 2.93. The Hall–Kier alpha value is -2.12. The molecule has 1 saturated heterocycles. The first-order chi connectivity index (χ1) is 11.2. The summed E-state index contributed by atoms with van der Waals surface area (Å²) in [7, 11) is 0. The Labute approximate surface area is 137 Å². The number of aromatic nitrogens is 1. The van der Waals surface area contributed by atoms with Crippen LogP contribution in [-0.4, -0.2) is 40.0 Å². The molecule has 2 rings (SSSR count). The summed E-state index contributed by atoms with van der Waals surface area (Å²) < 4.78 is 38.0. The highest BCUT2D eigenvalue weighted by atomic mass is 19.4. The van der Waals surface area contributed by atoms with Gasteiger partial charge >= 0.3 is 12.1 Å². The fourth-order valence-corrected chi connectivity index (χ4v) is 2.93. The average molecular weight is 344 g/mol. The van der Waals surface area contributed by atoms with Gasteiger partial charge in [0.05, 0.1) is 11.3 Å². The molecule has 0 bridgehead atoms. The van der Waals surface area contributed by atoms with E-state index in [0.29, 0.717) is 19.5 Å². The predicted octanol–water partition coefficient (Wildman–Crippen LogP) is 3.13. The summed E-state index contributed by atoms with van der Waals surface area (Å²) in [5, 5.41) is 8.74. The van der Waals surface area contributed by atoms with Crippen molar-refractivity contribution in [2.75, 3.05) is 13.1 Å². The molecule has 0 aliphatic carbocycles. The molecular weight excluding hydrogens is 325 g/mol. The van der Waals surface area contributed by atoms with E-state index in [0.717, 1.165) is 25.0 Å². The molecule has 1 aromatic rings. The number of likely N-dealkylation sites (tertiary alicyclic amines) is 1. The number of carboxylic acids is 1. The summed E-state index contributed by atoms with van der Waals surface area (Å²) in [6.45, 7) is 2.32. The number of carboxylic acid groups (broad SMARTS) is 1. The molecule has 1 unspecified atom stereocenters. The standard InChI is InChI=1S/C16H19F3N2O3/c1-10-12(5-6-13(20-10)16(17,18)19)15(24)21-8-2-3-11(9-21)4-7-14(22)23/h5-6,11H,2-4,7-9H2,1H3,(H,22,23). The zero-order valence-corrected chi connectivity index (χ0v) is 13.3. The summed E-state index contributed by atoms with van der Waals surface area (Å²) in [6, 6.07) is 1.97. The molecule has 132 valence electrons. The number of nitrogens with zero attached hydrogens (tertiary/aromatic N) is 2. The van der Waals surface area contributed by atoms with Crippen molar-refractivity contribution < 1.29 is 27.9 Å². The third kappa shape index (κ3) is 4.46. The third-order valence-electron chi connectivity index (χ3n) is 4.18. The van der Waals surface area contributed by atoms with Crippen LogP contribution in [0, 0.1) is 12.8 Å². The molecule has 1 aliphatic rings. The Morgan fingerprint density at radius 2 is 2.08 bits per heavy atom. The second kappa shape index (κ2) is 7.19. The van der Waals surface area contributed by atoms with Crippen molar-refractivity contribution in [1.29, 1.82) is 0 Å². The third-order valence-corrected chi connectivity index (χ3v) is 4.18. The summed E-state index contributed by atoms with van der Waals surface area (Å²) in [4.78, 5) is 28.3. The second-order valence-electron chi connectivity index (χ2n) is 6.02. The highest BCUT2D eigenvalue weighted by Crippen LogP contribution is 2.29. The number of carbonyl (C=O) groups is 2. The lowest BCUT2D eigenvalue weighted by Crippen LogP contribution is -2.40. The number of aliphatic carboxylic acids is 1. The first-order valence-electron chi connectivity index (χ1n) is 7.74. The first-order valence-corrected chi connectivity index (χ1v) is 7.74. The summed E-state index contributed by atoms with van der Waals surface area (Å²) >= 11 is 0. The maximum atomic E-state index is 12.7. The van der Waals surface area contributed by atoms with E-state index in [1.807, 2.05) is 0 Å². The zero-order chi connectivity index (χ0) is 17.9. The number of hydrogen-bond acceptors (Lipinski definition) is 3. The van der Waals surface area contributed by atoms with Crippen LogP contribution >= 0.6 is 0 Å². The van der Waals surface area contributed by atoms with Crippen molar-refractivity contribution in [1.82, 2.24) is 9.88 Å². The van der Waals surface area contributed by atoms with Gasteiger partial charge < -0.3 is 10.0 Å².